The Bertz CT molecular complexity index is 2740. The molecular weight excluding hydrogens is 779 g/mol. The van der Waals surface area contributed by atoms with E-state index in [0.717, 1.165) is 83.8 Å². The Labute approximate surface area is 347 Å². The minimum Gasteiger partial charge on any atom is -1.00 e. The quantitative estimate of drug-likeness (QED) is 0.128. The average molecular weight is 814 g/mol. The van der Waals surface area contributed by atoms with Crippen molar-refractivity contribution in [3.63, 3.8) is 0 Å². The van der Waals surface area contributed by atoms with Crippen LogP contribution in [0.1, 0.15) is 22.8 Å². The second-order valence-electron chi connectivity index (χ2n) is 13.6. The zero-order valence-corrected chi connectivity index (χ0v) is 33.3. The van der Waals surface area contributed by atoms with E-state index in [1.165, 1.54) is 6.07 Å². The molecule has 57 heavy (non-hydrogen) atoms. The van der Waals surface area contributed by atoms with Crippen molar-refractivity contribution in [2.24, 2.45) is 21.1 Å². The number of H-pyrrole nitrogens is 2. The molecule has 0 atom stereocenters. The maximum atomic E-state index is 12.0. The monoisotopic (exact) mass is 812 g/mol. The molecule has 0 spiro atoms. The largest absolute Gasteiger partial charge is 1.00 e. The van der Waals surface area contributed by atoms with Gasteiger partial charge in [-0.2, -0.15) is 0 Å². The Morgan fingerprint density at radius 3 is 1.21 bits per heavy atom. The zero-order chi connectivity index (χ0) is 36.9. The van der Waals surface area contributed by atoms with Gasteiger partial charge in [0, 0.05) is 92.9 Å². The van der Waals surface area contributed by atoms with E-state index in [4.69, 9.17) is 9.97 Å². The van der Waals surface area contributed by atoms with Crippen molar-refractivity contribution in [1.29, 1.82) is 0 Å². The molecule has 0 unspecified atom stereocenters. The average Bonchev–Trinajstić information content (AvgIpc) is 4.02. The SMILES string of the molecule is C[n+]1ccc(-c2c3nc(c(-c4cc[n+](C)cc4)c4ccc([nH]4)c(-c4cccc([N+](=O)[O-])c4)c4ccc([nH]4)c(-c4cc[n+](C)cc4)c4nc2C=C4)C=C3)cc1.[Cl-].[Cl-].[Cl-]. The van der Waals surface area contributed by atoms with E-state index < -0.39 is 0 Å². The van der Waals surface area contributed by atoms with Crippen LogP contribution in [0.2, 0.25) is 0 Å². The van der Waals surface area contributed by atoms with Crippen LogP contribution in [0.25, 0.3) is 90.9 Å². The predicted octanol–water partition coefficient (Wildman–Crippen LogP) is -1.28. The van der Waals surface area contributed by atoms with Gasteiger partial charge in [-0.05, 0) is 70.8 Å². The Kier molecular flexibility index (Phi) is 11.5. The highest BCUT2D eigenvalue weighted by atomic mass is 35.5. The molecule has 2 N–H and O–H groups in total. The first-order valence-electron chi connectivity index (χ1n) is 17.6. The Hall–Kier alpha value is -6.46. The summed E-state index contributed by atoms with van der Waals surface area (Å²) in [7, 11) is 5.99. The number of non-ortho nitro benzene ring substituents is 1. The smallest absolute Gasteiger partial charge is 0.270 e. The summed E-state index contributed by atoms with van der Waals surface area (Å²) in [6, 6.07) is 27.5. The lowest BCUT2D eigenvalue weighted by molar-refractivity contribution is -0.671. The third-order valence-corrected chi connectivity index (χ3v) is 9.90. The maximum Gasteiger partial charge on any atom is 0.270 e. The van der Waals surface area contributed by atoms with E-state index >= 15 is 0 Å². The molecule has 1 aromatic carbocycles. The summed E-state index contributed by atoms with van der Waals surface area (Å²) in [5.74, 6) is 0. The lowest BCUT2D eigenvalue weighted by Gasteiger charge is -2.06. The number of fused-ring (bicyclic) bond motifs is 8. The number of benzene rings is 1. The van der Waals surface area contributed by atoms with Gasteiger partial charge in [0.1, 0.15) is 21.1 Å². The molecule has 7 aromatic rings. The normalized spacial score (nSPS) is 11.4. The topological polar surface area (TPSA) is 112 Å². The second-order valence-corrected chi connectivity index (χ2v) is 13.6. The lowest BCUT2D eigenvalue weighted by Crippen LogP contribution is -3.00. The number of halogens is 3. The molecule has 284 valence electrons. The van der Waals surface area contributed by atoms with Gasteiger partial charge in [0.15, 0.2) is 37.2 Å². The summed E-state index contributed by atoms with van der Waals surface area (Å²) < 4.78 is 6.02. The van der Waals surface area contributed by atoms with Crippen molar-refractivity contribution in [2.45, 2.75) is 0 Å². The van der Waals surface area contributed by atoms with Crippen molar-refractivity contribution in [2.75, 3.05) is 0 Å². The molecule has 0 aliphatic carbocycles. The van der Waals surface area contributed by atoms with Crippen LogP contribution < -0.4 is 50.9 Å². The summed E-state index contributed by atoms with van der Waals surface area (Å²) in [6.07, 6.45) is 20.4. The summed E-state index contributed by atoms with van der Waals surface area (Å²) in [6.45, 7) is 0. The number of hydrogen-bond donors (Lipinski definition) is 2. The van der Waals surface area contributed by atoms with E-state index in [1.807, 2.05) is 90.2 Å². The standard InChI is InChI=1S/C44H34N8O2.3ClH/c1-49-21-15-28(16-22-49)41-33-7-9-35(45-33)42(29-17-23-50(2)24-18-29)37-11-13-39(47-37)44(31-5-4-6-32(27-31)52(53)54)40-14-12-38(48-40)43(36-10-8-34(41)46-36)30-19-25-51(3)26-20-30;;;/h4-27H,1-3H3,(H,45,46,47,48);3*1H/q+2;;;/p-2. The van der Waals surface area contributed by atoms with Crippen LogP contribution in [0.5, 0.6) is 0 Å². The first-order chi connectivity index (χ1) is 26.3. The van der Waals surface area contributed by atoms with Crippen LogP contribution in [-0.4, -0.2) is 24.9 Å². The van der Waals surface area contributed by atoms with Gasteiger partial charge in [0.25, 0.3) is 5.69 Å². The summed E-state index contributed by atoms with van der Waals surface area (Å²) in [5.41, 5.74) is 13.8. The van der Waals surface area contributed by atoms with Crippen LogP contribution in [0.15, 0.2) is 122 Å². The Balaban J connectivity index is 0.00000183. The first-order valence-corrected chi connectivity index (χ1v) is 17.6. The van der Waals surface area contributed by atoms with Crippen molar-refractivity contribution in [1.82, 2.24) is 19.9 Å². The molecule has 13 heteroatoms. The molecule has 8 heterocycles. The number of rotatable bonds is 5. The number of aromatic amines is 2. The van der Waals surface area contributed by atoms with E-state index in [9.17, 15) is 10.1 Å². The van der Waals surface area contributed by atoms with Gasteiger partial charge in [0.05, 0.1) is 27.7 Å². The molecule has 10 nitrogen and oxygen atoms in total. The molecule has 8 bridgehead atoms. The van der Waals surface area contributed by atoms with E-state index in [1.54, 1.807) is 12.1 Å². The number of hydrogen-bond acceptors (Lipinski definition) is 4. The third-order valence-electron chi connectivity index (χ3n) is 9.90. The summed E-state index contributed by atoms with van der Waals surface area (Å²) in [4.78, 5) is 29.7. The number of nitro groups is 1. The highest BCUT2D eigenvalue weighted by Crippen LogP contribution is 2.38. The number of nitro benzene ring substituents is 1. The fourth-order valence-corrected chi connectivity index (χ4v) is 7.20. The van der Waals surface area contributed by atoms with Crippen LogP contribution >= 0.6 is 0 Å². The van der Waals surface area contributed by atoms with Gasteiger partial charge >= 0.3 is 0 Å². The van der Waals surface area contributed by atoms with Gasteiger partial charge in [-0.1, -0.05) is 12.1 Å². The number of nitrogens with zero attached hydrogens (tertiary/aromatic N) is 6. The maximum absolute atomic E-state index is 12.0. The molecule has 9 rings (SSSR count). The molecule has 0 amide bonds. The molecule has 6 aromatic heterocycles. The molecular formula is C44H35Cl3N8O2. The highest BCUT2D eigenvalue weighted by molar-refractivity contribution is 6.00. The van der Waals surface area contributed by atoms with E-state index in [0.29, 0.717) is 5.56 Å². The van der Waals surface area contributed by atoms with Crippen LogP contribution in [-0.2, 0) is 21.1 Å². The molecule has 0 radical (unpaired) electrons. The van der Waals surface area contributed by atoms with Crippen LogP contribution in [0.3, 0.4) is 0 Å². The molecule has 2 aliphatic heterocycles. The second kappa shape index (κ2) is 16.3. The molecule has 0 saturated carbocycles. The van der Waals surface area contributed by atoms with Gasteiger partial charge in [0.2, 0.25) is 0 Å². The van der Waals surface area contributed by atoms with Gasteiger partial charge in [-0.15, -0.1) is 0 Å². The molecule has 0 fully saturated rings. The number of pyridine rings is 3. The zero-order valence-electron chi connectivity index (χ0n) is 31.0. The lowest BCUT2D eigenvalue weighted by atomic mass is 10.0. The van der Waals surface area contributed by atoms with Crippen molar-refractivity contribution in [3.05, 3.63) is 155 Å². The summed E-state index contributed by atoms with van der Waals surface area (Å²) >= 11 is 0. The van der Waals surface area contributed by atoms with Crippen LogP contribution in [0, 0.1) is 10.1 Å². The first kappa shape index (κ1) is 40.2. The van der Waals surface area contributed by atoms with Gasteiger partial charge < -0.3 is 47.2 Å². The summed E-state index contributed by atoms with van der Waals surface area (Å²) in [5, 5.41) is 12.0. The van der Waals surface area contributed by atoms with Crippen molar-refractivity contribution in [3.8, 4) is 44.5 Å². The number of aryl methyl sites for hydroxylation is 3. The number of nitrogens with one attached hydrogen (secondary N) is 2. The van der Waals surface area contributed by atoms with E-state index in [2.05, 4.69) is 82.8 Å². The Morgan fingerprint density at radius 1 is 0.474 bits per heavy atom. The van der Waals surface area contributed by atoms with Gasteiger partial charge in [-0.25, -0.2) is 23.7 Å². The third kappa shape index (κ3) is 7.58. The van der Waals surface area contributed by atoms with E-state index in [-0.39, 0.29) is 47.8 Å². The van der Waals surface area contributed by atoms with Crippen LogP contribution in [0.4, 0.5) is 5.69 Å². The fourth-order valence-electron chi connectivity index (χ4n) is 7.20. The predicted molar refractivity (Wildman–Crippen MR) is 211 cm³/mol. The number of aromatic nitrogens is 7. The minimum atomic E-state index is -0.361. The fraction of sp³-hybridized carbons (Fsp3) is 0.0682. The Morgan fingerprint density at radius 2 is 0.825 bits per heavy atom. The van der Waals surface area contributed by atoms with Crippen molar-refractivity contribution >= 4 is 52.1 Å². The highest BCUT2D eigenvalue weighted by Gasteiger charge is 2.21. The molecule has 2 aliphatic rings. The molecule has 0 saturated heterocycles. The van der Waals surface area contributed by atoms with Gasteiger partial charge in [-0.3, -0.25) is 10.1 Å². The van der Waals surface area contributed by atoms with Crippen molar-refractivity contribution < 1.29 is 55.8 Å². The minimum absolute atomic E-state index is 0.